The van der Waals surface area contributed by atoms with Gasteiger partial charge in [0.05, 0.1) is 0 Å². The summed E-state index contributed by atoms with van der Waals surface area (Å²) in [5.41, 5.74) is 0.565. The molecule has 6 heteroatoms. The molecule has 0 aromatic heterocycles. The van der Waals surface area contributed by atoms with Crippen LogP contribution in [0.25, 0.3) is 0 Å². The Morgan fingerprint density at radius 1 is 1.35 bits per heavy atom. The molecule has 0 heterocycles. The van der Waals surface area contributed by atoms with Crippen molar-refractivity contribution in [2.75, 3.05) is 19.6 Å². The number of hydrogen-bond donors (Lipinski definition) is 1. The average molecular weight is 406 g/mol. The van der Waals surface area contributed by atoms with Gasteiger partial charge in [-0.2, -0.15) is 0 Å². The van der Waals surface area contributed by atoms with Gasteiger partial charge in [-0.3, -0.25) is 0 Å². The van der Waals surface area contributed by atoms with Crippen LogP contribution in [0.4, 0.5) is 4.79 Å². The largest absolute Gasteiger partial charge is 0.444 e. The monoisotopic (exact) mass is 404 g/mol. The summed E-state index contributed by atoms with van der Waals surface area (Å²) in [6.07, 6.45) is 0.639. The first-order chi connectivity index (χ1) is 10.7. The van der Waals surface area contributed by atoms with Crippen molar-refractivity contribution in [3.63, 3.8) is 0 Å². The predicted molar refractivity (Wildman–Crippen MR) is 99.0 cm³/mol. The maximum absolute atomic E-state index is 12.2. The highest BCUT2D eigenvalue weighted by atomic mass is 79.9. The number of hydrogen-bond acceptors (Lipinski definition) is 3. The number of nitrogens with zero attached hydrogens (tertiary/aromatic N) is 1. The fourth-order valence-electron chi connectivity index (χ4n) is 1.99. The normalized spacial score (nSPS) is 11.4. The van der Waals surface area contributed by atoms with E-state index in [1.54, 1.807) is 4.90 Å². The lowest BCUT2D eigenvalue weighted by Gasteiger charge is -2.27. The molecule has 1 aromatic rings. The van der Waals surface area contributed by atoms with E-state index >= 15 is 0 Å². The summed E-state index contributed by atoms with van der Waals surface area (Å²) >= 11 is 9.58. The minimum atomic E-state index is -0.471. The van der Waals surface area contributed by atoms with Crippen molar-refractivity contribution in [2.24, 2.45) is 0 Å². The molecule has 0 saturated carbocycles. The molecule has 0 unspecified atom stereocenters. The number of amides is 1. The average Bonchev–Trinajstić information content (AvgIpc) is 2.42. The Bertz CT molecular complexity index is 518. The molecule has 4 nitrogen and oxygen atoms in total. The van der Waals surface area contributed by atoms with E-state index in [2.05, 4.69) is 21.2 Å². The van der Waals surface area contributed by atoms with Gasteiger partial charge >= 0.3 is 6.09 Å². The molecule has 1 N–H and O–H groups in total. The fourth-order valence-corrected chi connectivity index (χ4v) is 2.73. The second-order valence-electron chi connectivity index (χ2n) is 6.38. The Kier molecular flexibility index (Phi) is 8.37. The zero-order chi connectivity index (χ0) is 17.5. The second kappa shape index (κ2) is 9.50. The minimum absolute atomic E-state index is 0.261. The summed E-state index contributed by atoms with van der Waals surface area (Å²) in [5, 5.41) is 4.05. The molecule has 1 rings (SSSR count). The van der Waals surface area contributed by atoms with E-state index in [-0.39, 0.29) is 6.09 Å². The number of carbonyl (C=O) groups is 1. The van der Waals surface area contributed by atoms with Gasteiger partial charge in [0, 0.05) is 35.7 Å². The highest BCUT2D eigenvalue weighted by Gasteiger charge is 2.21. The van der Waals surface area contributed by atoms with Crippen LogP contribution in [0.3, 0.4) is 0 Å². The molecule has 0 saturated heterocycles. The lowest BCUT2D eigenvalue weighted by Crippen LogP contribution is -2.40. The number of rotatable bonds is 7. The topological polar surface area (TPSA) is 41.6 Å². The molecule has 130 valence electrons. The standard InChI is InChI=1S/C17H26BrClN2O2/c1-5-9-21(16(22)23-17(2,3)4)10-8-20-12-13-6-7-14(18)11-15(13)19/h6-7,11,20H,5,8-10,12H2,1-4H3. The summed E-state index contributed by atoms with van der Waals surface area (Å²) in [4.78, 5) is 13.9. The first-order valence-corrected chi connectivity index (χ1v) is 9.02. The molecular formula is C17H26BrClN2O2. The van der Waals surface area contributed by atoms with Crippen molar-refractivity contribution >= 4 is 33.6 Å². The van der Waals surface area contributed by atoms with Gasteiger partial charge in [-0.05, 0) is 44.9 Å². The van der Waals surface area contributed by atoms with Crippen molar-refractivity contribution in [1.82, 2.24) is 10.2 Å². The van der Waals surface area contributed by atoms with Crippen LogP contribution in [0.15, 0.2) is 22.7 Å². The summed E-state index contributed by atoms with van der Waals surface area (Å²) in [6.45, 7) is 10.3. The third-order valence-corrected chi connectivity index (χ3v) is 3.88. The Hall–Kier alpha value is -0.780. The van der Waals surface area contributed by atoms with E-state index in [1.807, 2.05) is 45.9 Å². The van der Waals surface area contributed by atoms with Crippen LogP contribution >= 0.6 is 27.5 Å². The van der Waals surface area contributed by atoms with Crippen molar-refractivity contribution in [3.05, 3.63) is 33.3 Å². The highest BCUT2D eigenvalue weighted by molar-refractivity contribution is 9.10. The van der Waals surface area contributed by atoms with Crippen LogP contribution in [0, 0.1) is 0 Å². The minimum Gasteiger partial charge on any atom is -0.444 e. The second-order valence-corrected chi connectivity index (χ2v) is 7.70. The van der Waals surface area contributed by atoms with E-state index in [9.17, 15) is 4.79 Å². The number of benzene rings is 1. The van der Waals surface area contributed by atoms with Crippen LogP contribution in [0.5, 0.6) is 0 Å². The van der Waals surface area contributed by atoms with Gasteiger partial charge in [-0.15, -0.1) is 0 Å². The quantitative estimate of drug-likeness (QED) is 0.660. The third-order valence-electron chi connectivity index (χ3n) is 3.03. The first kappa shape index (κ1) is 20.3. The number of ether oxygens (including phenoxy) is 1. The Morgan fingerprint density at radius 3 is 2.61 bits per heavy atom. The number of halogens is 2. The summed E-state index contributed by atoms with van der Waals surface area (Å²) in [7, 11) is 0. The van der Waals surface area contributed by atoms with Crippen LogP contribution in [-0.4, -0.2) is 36.2 Å². The Morgan fingerprint density at radius 2 is 2.04 bits per heavy atom. The third kappa shape index (κ3) is 8.04. The van der Waals surface area contributed by atoms with E-state index in [0.717, 1.165) is 21.5 Å². The fraction of sp³-hybridized carbons (Fsp3) is 0.588. The van der Waals surface area contributed by atoms with Crippen molar-refractivity contribution < 1.29 is 9.53 Å². The maximum Gasteiger partial charge on any atom is 0.410 e. The van der Waals surface area contributed by atoms with Gasteiger partial charge in [-0.1, -0.05) is 40.5 Å². The molecule has 0 atom stereocenters. The molecule has 1 aromatic carbocycles. The zero-order valence-corrected chi connectivity index (χ0v) is 16.6. The SMILES string of the molecule is CCCN(CCNCc1ccc(Br)cc1Cl)C(=O)OC(C)(C)C. The first-order valence-electron chi connectivity index (χ1n) is 7.85. The van der Waals surface area contributed by atoms with Crippen molar-refractivity contribution in [1.29, 1.82) is 0 Å². The number of carbonyl (C=O) groups excluding carboxylic acids is 1. The van der Waals surface area contributed by atoms with Gasteiger partial charge in [0.25, 0.3) is 0 Å². The summed E-state index contributed by atoms with van der Waals surface area (Å²) in [6, 6.07) is 5.83. The van der Waals surface area contributed by atoms with E-state index in [1.165, 1.54) is 0 Å². The molecule has 23 heavy (non-hydrogen) atoms. The van der Waals surface area contributed by atoms with Crippen LogP contribution in [0.2, 0.25) is 5.02 Å². The van der Waals surface area contributed by atoms with Crippen molar-refractivity contribution in [2.45, 2.75) is 46.3 Å². The van der Waals surface area contributed by atoms with Gasteiger partial charge in [0.2, 0.25) is 0 Å². The van der Waals surface area contributed by atoms with E-state index < -0.39 is 5.60 Å². The summed E-state index contributed by atoms with van der Waals surface area (Å²) < 4.78 is 6.40. The van der Waals surface area contributed by atoms with E-state index in [0.29, 0.717) is 26.2 Å². The number of nitrogens with one attached hydrogen (secondary N) is 1. The van der Waals surface area contributed by atoms with E-state index in [4.69, 9.17) is 16.3 Å². The maximum atomic E-state index is 12.2. The van der Waals surface area contributed by atoms with Crippen LogP contribution < -0.4 is 5.32 Å². The lowest BCUT2D eigenvalue weighted by molar-refractivity contribution is 0.0252. The lowest BCUT2D eigenvalue weighted by atomic mass is 10.2. The Labute approximate surface area is 152 Å². The zero-order valence-electron chi connectivity index (χ0n) is 14.3. The smallest absolute Gasteiger partial charge is 0.410 e. The molecule has 0 radical (unpaired) electrons. The van der Waals surface area contributed by atoms with Gasteiger partial charge in [0.15, 0.2) is 0 Å². The van der Waals surface area contributed by atoms with Crippen LogP contribution in [0.1, 0.15) is 39.7 Å². The molecule has 0 fully saturated rings. The predicted octanol–water partition coefficient (Wildman–Crippen LogP) is 4.84. The van der Waals surface area contributed by atoms with Gasteiger partial charge in [-0.25, -0.2) is 4.79 Å². The highest BCUT2D eigenvalue weighted by Crippen LogP contribution is 2.21. The molecule has 0 bridgehead atoms. The molecule has 1 amide bonds. The summed E-state index contributed by atoms with van der Waals surface area (Å²) in [5.74, 6) is 0. The molecule has 0 aliphatic carbocycles. The van der Waals surface area contributed by atoms with Gasteiger partial charge in [0.1, 0.15) is 5.60 Å². The van der Waals surface area contributed by atoms with Gasteiger partial charge < -0.3 is 15.0 Å². The van der Waals surface area contributed by atoms with Crippen molar-refractivity contribution in [3.8, 4) is 0 Å². The molecule has 0 aliphatic rings. The molecular weight excluding hydrogens is 380 g/mol. The van der Waals surface area contributed by atoms with Crippen LogP contribution in [-0.2, 0) is 11.3 Å². The molecule has 0 aliphatic heterocycles. The molecule has 0 spiro atoms. The Balaban J connectivity index is 2.45.